The Bertz CT molecular complexity index is 825. The Morgan fingerprint density at radius 3 is 2.11 bits per heavy atom. The van der Waals surface area contributed by atoms with Gasteiger partial charge in [0.1, 0.15) is 5.78 Å². The van der Waals surface area contributed by atoms with Gasteiger partial charge >= 0.3 is 0 Å². The molecule has 1 aliphatic heterocycles. The van der Waals surface area contributed by atoms with Crippen LogP contribution in [0, 0.1) is 5.92 Å². The van der Waals surface area contributed by atoms with Gasteiger partial charge in [-0.1, -0.05) is 66.7 Å². The summed E-state index contributed by atoms with van der Waals surface area (Å²) in [6, 6.07) is 26.9. The average Bonchev–Trinajstić information content (AvgIpc) is 2.73. The van der Waals surface area contributed by atoms with Gasteiger partial charge in [0, 0.05) is 44.1 Å². The molecular weight excluding hydrogens is 332 g/mol. The lowest BCUT2D eigenvalue weighted by Gasteiger charge is -2.36. The molecule has 1 saturated heterocycles. The van der Waals surface area contributed by atoms with Crippen molar-refractivity contribution in [3.05, 3.63) is 102 Å². The quantitative estimate of drug-likeness (QED) is 0.683. The van der Waals surface area contributed by atoms with Crippen molar-refractivity contribution in [3.63, 3.8) is 0 Å². The molecule has 0 bridgehead atoms. The molecule has 2 heterocycles. The second-order valence-corrected chi connectivity index (χ2v) is 7.18. The van der Waals surface area contributed by atoms with Crippen LogP contribution < -0.4 is 0 Å². The molecule has 0 N–H and O–H groups in total. The van der Waals surface area contributed by atoms with Gasteiger partial charge < -0.3 is 0 Å². The fourth-order valence-corrected chi connectivity index (χ4v) is 4.06. The van der Waals surface area contributed by atoms with Crippen molar-refractivity contribution in [1.29, 1.82) is 0 Å². The van der Waals surface area contributed by atoms with Gasteiger partial charge in [-0.15, -0.1) is 0 Å². The molecule has 3 nitrogen and oxygen atoms in total. The highest BCUT2D eigenvalue weighted by atomic mass is 16.1. The maximum Gasteiger partial charge on any atom is 0.139 e. The predicted octanol–water partition coefficient (Wildman–Crippen LogP) is 4.30. The number of carbonyl (C=O) groups is 1. The standard InChI is InChI=1S/C24H24N2O/c27-23-14-16-26(17-21-13-7-8-15-25-21)18-22(23)24(19-9-3-1-4-10-19)20-11-5-2-6-12-20/h1-13,15,22,24H,14,16-18H2. The first-order valence-corrected chi connectivity index (χ1v) is 9.56. The van der Waals surface area contributed by atoms with Gasteiger partial charge in [-0.2, -0.15) is 0 Å². The van der Waals surface area contributed by atoms with Crippen molar-refractivity contribution in [2.75, 3.05) is 13.1 Å². The number of piperidine rings is 1. The van der Waals surface area contributed by atoms with Gasteiger partial charge in [0.15, 0.2) is 0 Å². The van der Waals surface area contributed by atoms with E-state index in [1.807, 2.05) is 30.5 Å². The van der Waals surface area contributed by atoms with E-state index in [1.54, 1.807) is 0 Å². The highest BCUT2D eigenvalue weighted by Crippen LogP contribution is 2.35. The molecule has 3 heteroatoms. The van der Waals surface area contributed by atoms with Gasteiger partial charge in [-0.05, 0) is 23.3 Å². The van der Waals surface area contributed by atoms with Crippen LogP contribution in [-0.4, -0.2) is 28.8 Å². The third-order valence-corrected chi connectivity index (χ3v) is 5.37. The molecule has 0 saturated carbocycles. The Morgan fingerprint density at radius 2 is 1.52 bits per heavy atom. The SMILES string of the molecule is O=C1CCN(Cc2ccccn2)CC1C(c1ccccc1)c1ccccc1. The number of Topliss-reactive ketones (excluding diaryl/α,β-unsaturated/α-hetero) is 1. The summed E-state index contributed by atoms with van der Waals surface area (Å²) in [6.45, 7) is 2.37. The van der Waals surface area contributed by atoms with Gasteiger partial charge in [0.25, 0.3) is 0 Å². The first-order chi connectivity index (χ1) is 13.3. The van der Waals surface area contributed by atoms with E-state index in [1.165, 1.54) is 11.1 Å². The molecule has 0 amide bonds. The lowest BCUT2D eigenvalue weighted by molar-refractivity contribution is -0.126. The lowest BCUT2D eigenvalue weighted by atomic mass is 9.76. The highest BCUT2D eigenvalue weighted by molar-refractivity contribution is 5.83. The number of likely N-dealkylation sites (tertiary alicyclic amines) is 1. The van der Waals surface area contributed by atoms with E-state index in [4.69, 9.17) is 0 Å². The molecule has 2 aromatic carbocycles. The zero-order valence-corrected chi connectivity index (χ0v) is 15.4. The molecule has 4 rings (SSSR count). The van der Waals surface area contributed by atoms with Gasteiger partial charge in [0.05, 0.1) is 5.69 Å². The van der Waals surface area contributed by atoms with Crippen LogP contribution in [0.3, 0.4) is 0 Å². The zero-order chi connectivity index (χ0) is 18.5. The summed E-state index contributed by atoms with van der Waals surface area (Å²) in [5, 5.41) is 0. The monoisotopic (exact) mass is 356 g/mol. The van der Waals surface area contributed by atoms with Crippen LogP contribution in [-0.2, 0) is 11.3 Å². The fraction of sp³-hybridized carbons (Fsp3) is 0.250. The number of hydrogen-bond donors (Lipinski definition) is 0. The maximum absolute atomic E-state index is 12.9. The molecule has 0 spiro atoms. The van der Waals surface area contributed by atoms with E-state index in [9.17, 15) is 4.79 Å². The minimum atomic E-state index is -0.0349. The topological polar surface area (TPSA) is 33.2 Å². The molecule has 3 aromatic rings. The van der Waals surface area contributed by atoms with Gasteiger partial charge in [-0.25, -0.2) is 0 Å². The molecule has 1 unspecified atom stereocenters. The molecule has 1 atom stereocenters. The molecular formula is C24H24N2O. The van der Waals surface area contributed by atoms with Gasteiger partial charge in [-0.3, -0.25) is 14.7 Å². The van der Waals surface area contributed by atoms with Crippen LogP contribution in [0.2, 0.25) is 0 Å². The number of pyridine rings is 1. The summed E-state index contributed by atoms with van der Waals surface area (Å²) in [5.41, 5.74) is 3.48. The normalized spacial score (nSPS) is 18.0. The Balaban J connectivity index is 1.63. The number of carbonyl (C=O) groups excluding carboxylic acids is 1. The number of ketones is 1. The number of nitrogens with zero attached hydrogens (tertiary/aromatic N) is 2. The summed E-state index contributed by atoms with van der Waals surface area (Å²) in [7, 11) is 0. The zero-order valence-electron chi connectivity index (χ0n) is 15.4. The Kier molecular flexibility index (Phi) is 5.40. The molecule has 1 aromatic heterocycles. The number of hydrogen-bond acceptors (Lipinski definition) is 3. The highest BCUT2D eigenvalue weighted by Gasteiger charge is 2.35. The Hall–Kier alpha value is -2.78. The number of benzene rings is 2. The predicted molar refractivity (Wildman–Crippen MR) is 107 cm³/mol. The first-order valence-electron chi connectivity index (χ1n) is 9.56. The van der Waals surface area contributed by atoms with Crippen molar-refractivity contribution in [2.45, 2.75) is 18.9 Å². The number of aromatic nitrogens is 1. The summed E-state index contributed by atoms with van der Waals surface area (Å²) in [5.74, 6) is 0.420. The van der Waals surface area contributed by atoms with Crippen LogP contribution in [0.15, 0.2) is 85.1 Å². The van der Waals surface area contributed by atoms with Crippen LogP contribution in [0.4, 0.5) is 0 Å². The first kappa shape index (κ1) is 17.6. The molecule has 0 aliphatic carbocycles. The molecule has 1 aliphatic rings. The minimum absolute atomic E-state index is 0.0349. The molecule has 27 heavy (non-hydrogen) atoms. The molecule has 136 valence electrons. The Labute approximate surface area is 160 Å². The van der Waals surface area contributed by atoms with E-state index >= 15 is 0 Å². The van der Waals surface area contributed by atoms with Crippen molar-refractivity contribution in [1.82, 2.24) is 9.88 Å². The third kappa shape index (κ3) is 4.15. The minimum Gasteiger partial charge on any atom is -0.299 e. The molecule has 1 fully saturated rings. The average molecular weight is 356 g/mol. The van der Waals surface area contributed by atoms with E-state index in [0.717, 1.165) is 25.3 Å². The van der Waals surface area contributed by atoms with E-state index in [0.29, 0.717) is 12.2 Å². The van der Waals surface area contributed by atoms with E-state index in [2.05, 4.69) is 64.5 Å². The molecule has 0 radical (unpaired) electrons. The van der Waals surface area contributed by atoms with Gasteiger partial charge in [0.2, 0.25) is 0 Å². The third-order valence-electron chi connectivity index (χ3n) is 5.37. The summed E-state index contributed by atoms with van der Waals surface area (Å²) >= 11 is 0. The maximum atomic E-state index is 12.9. The smallest absolute Gasteiger partial charge is 0.139 e. The van der Waals surface area contributed by atoms with Crippen molar-refractivity contribution in [3.8, 4) is 0 Å². The second kappa shape index (κ2) is 8.28. The fourth-order valence-electron chi connectivity index (χ4n) is 4.06. The Morgan fingerprint density at radius 1 is 0.889 bits per heavy atom. The van der Waals surface area contributed by atoms with Crippen LogP contribution in [0.25, 0.3) is 0 Å². The van der Waals surface area contributed by atoms with Crippen molar-refractivity contribution < 1.29 is 4.79 Å². The van der Waals surface area contributed by atoms with Crippen molar-refractivity contribution in [2.24, 2.45) is 5.92 Å². The largest absolute Gasteiger partial charge is 0.299 e. The van der Waals surface area contributed by atoms with Crippen molar-refractivity contribution >= 4 is 5.78 Å². The van der Waals surface area contributed by atoms with Crippen LogP contribution >= 0.6 is 0 Å². The van der Waals surface area contributed by atoms with E-state index in [-0.39, 0.29) is 11.8 Å². The van der Waals surface area contributed by atoms with E-state index < -0.39 is 0 Å². The van der Waals surface area contributed by atoms with Crippen LogP contribution in [0.1, 0.15) is 29.2 Å². The van der Waals surface area contributed by atoms with Crippen LogP contribution in [0.5, 0.6) is 0 Å². The second-order valence-electron chi connectivity index (χ2n) is 7.18. The lowest BCUT2D eigenvalue weighted by Crippen LogP contribution is -2.43. The number of rotatable bonds is 5. The summed E-state index contributed by atoms with van der Waals surface area (Å²) < 4.78 is 0. The summed E-state index contributed by atoms with van der Waals surface area (Å²) in [4.78, 5) is 19.8. The summed E-state index contributed by atoms with van der Waals surface area (Å²) in [6.07, 6.45) is 2.44.